The number of carbonyl (C=O) groups excluding carboxylic acids is 1. The molecule has 2 aromatic carbocycles. The largest absolute Gasteiger partial charge is 0.494 e. The average molecular weight is 431 g/mol. The molecule has 29 heavy (non-hydrogen) atoms. The Bertz CT molecular complexity index is 1140. The Hall–Kier alpha value is -2.97. The summed E-state index contributed by atoms with van der Waals surface area (Å²) in [7, 11) is -1.22. The van der Waals surface area contributed by atoms with Crippen LogP contribution >= 0.6 is 0 Å². The van der Waals surface area contributed by atoms with Crippen LogP contribution in [0.3, 0.4) is 0 Å². The molecule has 156 valence electrons. The second kappa shape index (κ2) is 8.18. The van der Waals surface area contributed by atoms with Gasteiger partial charge in [0.15, 0.2) is 44.5 Å². The van der Waals surface area contributed by atoms with E-state index in [0.717, 1.165) is 25.5 Å². The monoisotopic (exact) mass is 431 g/mol. The third kappa shape index (κ3) is 3.56. The Morgan fingerprint density at radius 3 is 2.17 bits per heavy atom. The number of halogens is 4. The van der Waals surface area contributed by atoms with Crippen molar-refractivity contribution in [2.75, 3.05) is 25.6 Å². The van der Waals surface area contributed by atoms with Crippen LogP contribution in [0.5, 0.6) is 11.5 Å². The van der Waals surface area contributed by atoms with Gasteiger partial charge in [-0.2, -0.15) is 0 Å². The van der Waals surface area contributed by atoms with Crippen molar-refractivity contribution in [3.8, 4) is 11.5 Å². The number of benzene rings is 2. The maximum atomic E-state index is 14.9. The lowest BCUT2D eigenvalue weighted by atomic mass is 10.1. The minimum Gasteiger partial charge on any atom is -0.494 e. The van der Waals surface area contributed by atoms with Crippen LogP contribution < -0.4 is 13.8 Å². The van der Waals surface area contributed by atoms with Gasteiger partial charge in [-0.3, -0.25) is 4.31 Å². The van der Waals surface area contributed by atoms with E-state index in [4.69, 9.17) is 9.47 Å². The van der Waals surface area contributed by atoms with Crippen LogP contribution in [-0.2, 0) is 14.5 Å². The molecular formula is C19H17F4NO4S. The molecule has 0 radical (unpaired) electrons. The zero-order valence-electron chi connectivity index (χ0n) is 15.9. The van der Waals surface area contributed by atoms with Crippen molar-refractivity contribution in [2.45, 2.75) is 11.8 Å². The first-order valence-electron chi connectivity index (χ1n) is 7.95. The van der Waals surface area contributed by atoms with Crippen LogP contribution in [0, 0.1) is 23.3 Å². The molecule has 10 heteroatoms. The van der Waals surface area contributed by atoms with Crippen molar-refractivity contribution in [3.63, 3.8) is 0 Å². The molecule has 0 aliphatic heterocycles. The van der Waals surface area contributed by atoms with Gasteiger partial charge in [0, 0.05) is 13.1 Å². The number of anilines is 1. The standard InChI is InChI=1S/C19H17F4NO4S/c1-10(2)14-15(21)17(23)19(18(28-5)16(14)22)29(26,9-25)24(3)11-6-7-13(27-4)12(20)8-11/h6-8H,1H2,2-5H3. The van der Waals surface area contributed by atoms with Crippen molar-refractivity contribution < 1.29 is 36.0 Å². The highest BCUT2D eigenvalue weighted by atomic mass is 32.2. The molecule has 0 amide bonds. The van der Waals surface area contributed by atoms with E-state index in [0.29, 0.717) is 4.31 Å². The summed E-state index contributed by atoms with van der Waals surface area (Å²) < 4.78 is 81.8. The van der Waals surface area contributed by atoms with Gasteiger partial charge in [0.2, 0.25) is 5.23 Å². The Labute approximate surface area is 165 Å². The van der Waals surface area contributed by atoms with Gasteiger partial charge >= 0.3 is 0 Å². The van der Waals surface area contributed by atoms with Crippen LogP contribution in [-0.4, -0.2) is 30.7 Å². The van der Waals surface area contributed by atoms with E-state index in [2.05, 4.69) is 6.58 Å². The zero-order valence-corrected chi connectivity index (χ0v) is 16.8. The van der Waals surface area contributed by atoms with Crippen molar-refractivity contribution in [1.29, 1.82) is 0 Å². The fourth-order valence-corrected chi connectivity index (χ4v) is 4.29. The fraction of sp³-hybridized carbons (Fsp3) is 0.211. The lowest BCUT2D eigenvalue weighted by Gasteiger charge is -2.25. The van der Waals surface area contributed by atoms with E-state index in [1.807, 2.05) is 0 Å². The van der Waals surface area contributed by atoms with E-state index in [-0.39, 0.29) is 17.0 Å². The molecule has 0 aliphatic rings. The number of hydrogen-bond acceptors (Lipinski definition) is 4. The second-order valence-corrected chi connectivity index (χ2v) is 8.06. The number of hydrogen-bond donors (Lipinski definition) is 0. The van der Waals surface area contributed by atoms with E-state index in [1.165, 1.54) is 26.2 Å². The predicted molar refractivity (Wildman–Crippen MR) is 101 cm³/mol. The summed E-state index contributed by atoms with van der Waals surface area (Å²) in [5, 5.41) is 1.13. The van der Waals surface area contributed by atoms with Gasteiger partial charge in [-0.25, -0.2) is 26.6 Å². The Kier molecular flexibility index (Phi) is 6.30. The van der Waals surface area contributed by atoms with Gasteiger partial charge in [0.05, 0.1) is 25.5 Å². The predicted octanol–water partition coefficient (Wildman–Crippen LogP) is 4.06. The van der Waals surface area contributed by atoms with Crippen molar-refractivity contribution in [3.05, 3.63) is 53.6 Å². The number of allylic oxidation sites excluding steroid dienone is 1. The number of methoxy groups -OCH3 is 2. The summed E-state index contributed by atoms with van der Waals surface area (Å²) in [5.74, 6) is -6.80. The molecule has 0 aliphatic carbocycles. The fourth-order valence-electron chi connectivity index (χ4n) is 2.66. The van der Waals surface area contributed by atoms with Crippen molar-refractivity contribution in [2.24, 2.45) is 0 Å². The molecule has 0 heterocycles. The van der Waals surface area contributed by atoms with Gasteiger partial charge in [-0.05, 0) is 24.6 Å². The zero-order chi connectivity index (χ0) is 22.1. The number of nitrogens with zero attached hydrogens (tertiary/aromatic N) is 1. The van der Waals surface area contributed by atoms with Crippen LogP contribution in [0.25, 0.3) is 5.57 Å². The number of ether oxygens (including phenoxy) is 2. The highest BCUT2D eigenvalue weighted by Crippen LogP contribution is 2.39. The van der Waals surface area contributed by atoms with Crippen LogP contribution in [0.2, 0.25) is 0 Å². The van der Waals surface area contributed by atoms with Gasteiger partial charge in [-0.15, -0.1) is 0 Å². The molecule has 0 aromatic heterocycles. The van der Waals surface area contributed by atoms with Crippen molar-refractivity contribution in [1.82, 2.24) is 0 Å². The first kappa shape index (κ1) is 22.3. The molecule has 2 aromatic rings. The molecular weight excluding hydrogens is 414 g/mol. The quantitative estimate of drug-likeness (QED) is 0.393. The summed E-state index contributed by atoms with van der Waals surface area (Å²) >= 11 is 0. The highest BCUT2D eigenvalue weighted by molar-refractivity contribution is 8.02. The molecule has 2 rings (SSSR count). The minimum atomic E-state index is -4.42. The second-order valence-electron chi connectivity index (χ2n) is 5.89. The lowest BCUT2D eigenvalue weighted by Crippen LogP contribution is -2.29. The molecule has 1 unspecified atom stereocenters. The molecule has 0 saturated heterocycles. The van der Waals surface area contributed by atoms with Gasteiger partial charge in [-0.1, -0.05) is 6.58 Å². The summed E-state index contributed by atoms with van der Waals surface area (Å²) in [6, 6.07) is 3.25. The van der Waals surface area contributed by atoms with Gasteiger partial charge in [0.25, 0.3) is 0 Å². The van der Waals surface area contributed by atoms with Crippen molar-refractivity contribution >= 4 is 26.2 Å². The lowest BCUT2D eigenvalue weighted by molar-refractivity contribution is 0.357. The minimum absolute atomic E-state index is 0.143. The summed E-state index contributed by atoms with van der Waals surface area (Å²) in [6.07, 6.45) is 0. The van der Waals surface area contributed by atoms with Crippen LogP contribution in [0.15, 0.2) is 29.7 Å². The Morgan fingerprint density at radius 2 is 1.72 bits per heavy atom. The Balaban J connectivity index is 2.86. The molecule has 5 nitrogen and oxygen atoms in total. The van der Waals surface area contributed by atoms with Crippen LogP contribution in [0.1, 0.15) is 12.5 Å². The molecule has 0 N–H and O–H groups in total. The highest BCUT2D eigenvalue weighted by Gasteiger charge is 2.35. The van der Waals surface area contributed by atoms with E-state index >= 15 is 0 Å². The van der Waals surface area contributed by atoms with Gasteiger partial charge in [0.1, 0.15) is 4.90 Å². The maximum absolute atomic E-state index is 14.9. The van der Waals surface area contributed by atoms with E-state index in [9.17, 15) is 26.6 Å². The third-order valence-electron chi connectivity index (χ3n) is 4.14. The molecule has 0 bridgehead atoms. The normalized spacial score (nSPS) is 12.7. The first-order valence-corrected chi connectivity index (χ1v) is 9.47. The summed E-state index contributed by atoms with van der Waals surface area (Å²) in [4.78, 5) is 10.5. The maximum Gasteiger partial charge on any atom is 0.211 e. The Morgan fingerprint density at radius 1 is 1.10 bits per heavy atom. The molecule has 0 spiro atoms. The molecule has 0 fully saturated rings. The summed E-state index contributed by atoms with van der Waals surface area (Å²) in [5.41, 5.74) is -1.13. The van der Waals surface area contributed by atoms with Gasteiger partial charge < -0.3 is 9.47 Å². The summed E-state index contributed by atoms with van der Waals surface area (Å²) in [6.45, 7) is 4.60. The first-order chi connectivity index (χ1) is 13.5. The smallest absolute Gasteiger partial charge is 0.211 e. The average Bonchev–Trinajstić information content (AvgIpc) is 2.69. The SMILES string of the molecule is C=C(C)c1c(F)c(F)c(S(=O)(=C=O)N(C)c2ccc(OC)c(F)c2)c(OC)c1F. The molecule has 1 atom stereocenters. The van der Waals surface area contributed by atoms with E-state index in [1.54, 1.807) is 0 Å². The van der Waals surface area contributed by atoms with Crippen LogP contribution in [0.4, 0.5) is 23.2 Å². The topological polar surface area (TPSA) is 55.8 Å². The number of rotatable bonds is 6. The molecule has 0 saturated carbocycles. The third-order valence-corrected chi connectivity index (χ3v) is 6.27. The van der Waals surface area contributed by atoms with E-state index < -0.39 is 49.2 Å².